The Morgan fingerprint density at radius 3 is 2.31 bits per heavy atom. The predicted octanol–water partition coefficient (Wildman–Crippen LogP) is 5.34. The van der Waals surface area contributed by atoms with Crippen LogP contribution in [0.25, 0.3) is 11.3 Å². The van der Waals surface area contributed by atoms with Crippen LogP contribution in [0, 0.1) is 0 Å². The van der Waals surface area contributed by atoms with Crippen LogP contribution in [-0.2, 0) is 21.3 Å². The number of amides is 3. The molecular weight excluding hydrogens is 512 g/mol. The zero-order valence-electron chi connectivity index (χ0n) is 19.5. The van der Waals surface area contributed by atoms with Gasteiger partial charge in [-0.2, -0.15) is 0 Å². The lowest BCUT2D eigenvalue weighted by Crippen LogP contribution is -2.34. The van der Waals surface area contributed by atoms with Crippen LogP contribution in [0.5, 0.6) is 0 Å². The summed E-state index contributed by atoms with van der Waals surface area (Å²) in [4.78, 5) is 30.8. The van der Waals surface area contributed by atoms with Gasteiger partial charge in [-0.15, -0.1) is 0 Å². The topological polar surface area (TPSA) is 118 Å². The molecule has 0 atom stereocenters. The second-order valence-electron chi connectivity index (χ2n) is 8.50. The number of ether oxygens (including phenoxy) is 1. The van der Waals surface area contributed by atoms with E-state index in [9.17, 15) is 18.0 Å². The van der Waals surface area contributed by atoms with Gasteiger partial charge in [-0.05, 0) is 45.0 Å². The molecule has 35 heavy (non-hydrogen) atoms. The molecule has 186 valence electrons. The Labute approximate surface area is 213 Å². The first kappa shape index (κ1) is 26.5. The molecule has 12 heteroatoms. The van der Waals surface area contributed by atoms with Crippen molar-refractivity contribution in [2.75, 3.05) is 12.4 Å². The van der Waals surface area contributed by atoms with Crippen molar-refractivity contribution in [3.63, 3.8) is 0 Å². The minimum Gasteiger partial charge on any atom is -0.444 e. The number of anilines is 1. The van der Waals surface area contributed by atoms with Crippen molar-refractivity contribution in [3.8, 4) is 11.3 Å². The van der Waals surface area contributed by atoms with Gasteiger partial charge in [0.2, 0.25) is 0 Å². The number of hydrogen-bond acceptors (Lipinski definition) is 7. The lowest BCUT2D eigenvalue weighted by atomic mass is 10.2. The van der Waals surface area contributed by atoms with Crippen molar-refractivity contribution < 1.29 is 22.7 Å². The largest absolute Gasteiger partial charge is 0.444 e. The fourth-order valence-electron chi connectivity index (χ4n) is 2.84. The minimum atomic E-state index is -4.12. The molecule has 9 nitrogen and oxygen atoms in total. The van der Waals surface area contributed by atoms with Crippen molar-refractivity contribution in [1.82, 2.24) is 14.6 Å². The normalized spacial score (nSPS) is 11.6. The van der Waals surface area contributed by atoms with Crippen molar-refractivity contribution in [2.24, 2.45) is 0 Å². The highest BCUT2D eigenvalue weighted by Gasteiger charge is 2.23. The third-order valence-electron chi connectivity index (χ3n) is 4.37. The van der Waals surface area contributed by atoms with E-state index in [4.69, 9.17) is 16.3 Å². The van der Waals surface area contributed by atoms with Crippen LogP contribution >= 0.6 is 22.9 Å². The van der Waals surface area contributed by atoms with Gasteiger partial charge in [0.15, 0.2) is 0 Å². The molecule has 2 aromatic carbocycles. The molecule has 1 aromatic heterocycles. The molecule has 0 saturated carbocycles. The number of thiazole rings is 1. The summed E-state index contributed by atoms with van der Waals surface area (Å²) in [5, 5.41) is 3.79. The first-order chi connectivity index (χ1) is 16.3. The number of benzene rings is 2. The van der Waals surface area contributed by atoms with Gasteiger partial charge in [-0.3, -0.25) is 5.32 Å². The van der Waals surface area contributed by atoms with Crippen molar-refractivity contribution in [1.29, 1.82) is 0 Å². The summed E-state index contributed by atoms with van der Waals surface area (Å²) in [6.07, 6.45) is -0.518. The maximum absolute atomic E-state index is 12.6. The van der Waals surface area contributed by atoms with E-state index in [1.54, 1.807) is 27.8 Å². The third-order valence-corrected chi connectivity index (χ3v) is 6.93. The van der Waals surface area contributed by atoms with Crippen LogP contribution in [0.2, 0.25) is 5.02 Å². The summed E-state index contributed by atoms with van der Waals surface area (Å²) >= 11 is 6.93. The summed E-state index contributed by atoms with van der Waals surface area (Å²) < 4.78 is 32.5. The second-order valence-corrected chi connectivity index (χ2v) is 11.7. The lowest BCUT2D eigenvalue weighted by Gasteiger charge is -2.24. The summed E-state index contributed by atoms with van der Waals surface area (Å²) in [6.45, 7) is 5.45. The summed E-state index contributed by atoms with van der Waals surface area (Å²) in [5.74, 6) is 0. The van der Waals surface area contributed by atoms with Crippen LogP contribution < -0.4 is 10.0 Å². The monoisotopic (exact) mass is 536 g/mol. The summed E-state index contributed by atoms with van der Waals surface area (Å²) in [6, 6.07) is 13.6. The maximum atomic E-state index is 12.6. The van der Waals surface area contributed by atoms with Gasteiger partial charge in [0, 0.05) is 17.6 Å². The number of carbonyl (C=O) groups is 2. The standard InChI is InChI=1S/C23H25ClN4O5S2/c1-23(2,3)33-22(30)28(4)14-18-25-19(15-8-6-5-7-9-15)20(34-18)26-21(29)27-35(31,32)17-12-10-16(24)11-13-17/h5-13H,14H2,1-4H3,(H2,26,27,29). The van der Waals surface area contributed by atoms with Crippen LogP contribution in [0.3, 0.4) is 0 Å². The van der Waals surface area contributed by atoms with E-state index < -0.39 is 27.7 Å². The van der Waals surface area contributed by atoms with Gasteiger partial charge in [0.05, 0.1) is 11.4 Å². The Balaban J connectivity index is 1.82. The van der Waals surface area contributed by atoms with E-state index in [0.717, 1.165) is 11.3 Å². The zero-order chi connectivity index (χ0) is 25.8. The number of carbonyl (C=O) groups excluding carboxylic acids is 2. The number of hydrogen-bond donors (Lipinski definition) is 2. The quantitative estimate of drug-likeness (QED) is 0.439. The number of nitrogens with one attached hydrogen (secondary N) is 2. The Morgan fingerprint density at radius 2 is 1.71 bits per heavy atom. The highest BCUT2D eigenvalue weighted by molar-refractivity contribution is 7.90. The second kappa shape index (κ2) is 10.6. The maximum Gasteiger partial charge on any atom is 0.410 e. The van der Waals surface area contributed by atoms with Crippen LogP contribution in [0.4, 0.5) is 14.6 Å². The van der Waals surface area contributed by atoms with Crippen LogP contribution in [-0.4, -0.2) is 43.1 Å². The van der Waals surface area contributed by atoms with Crippen LogP contribution in [0.1, 0.15) is 25.8 Å². The molecule has 0 unspecified atom stereocenters. The van der Waals surface area contributed by atoms with E-state index in [2.05, 4.69) is 10.3 Å². The SMILES string of the molecule is CN(Cc1nc(-c2ccccc2)c(NC(=O)NS(=O)(=O)c2ccc(Cl)cc2)s1)C(=O)OC(C)(C)C. The first-order valence-corrected chi connectivity index (χ1v) is 13.1. The molecule has 0 bridgehead atoms. The smallest absolute Gasteiger partial charge is 0.410 e. The van der Waals surface area contributed by atoms with Gasteiger partial charge in [0.1, 0.15) is 21.3 Å². The molecule has 0 saturated heterocycles. The van der Waals surface area contributed by atoms with Crippen LogP contribution in [0.15, 0.2) is 59.5 Å². The number of nitrogens with zero attached hydrogens (tertiary/aromatic N) is 2. The van der Waals surface area contributed by atoms with Crippen molar-refractivity contribution in [2.45, 2.75) is 37.8 Å². The molecule has 0 fully saturated rings. The van der Waals surface area contributed by atoms with E-state index >= 15 is 0 Å². The Hall–Kier alpha value is -3.15. The molecule has 3 rings (SSSR count). The average molecular weight is 537 g/mol. The highest BCUT2D eigenvalue weighted by atomic mass is 35.5. The van der Waals surface area contributed by atoms with Crippen molar-refractivity contribution in [3.05, 3.63) is 64.6 Å². The number of urea groups is 1. The minimum absolute atomic E-state index is 0.107. The molecule has 0 aliphatic heterocycles. The predicted molar refractivity (Wildman–Crippen MR) is 136 cm³/mol. The molecule has 0 aliphatic carbocycles. The van der Waals surface area contributed by atoms with Gasteiger partial charge in [-0.1, -0.05) is 53.3 Å². The first-order valence-electron chi connectivity index (χ1n) is 10.4. The van der Waals surface area contributed by atoms with Gasteiger partial charge in [0.25, 0.3) is 10.0 Å². The Bertz CT molecular complexity index is 1300. The fraction of sp³-hybridized carbons (Fsp3) is 0.261. The molecule has 3 aromatic rings. The molecule has 3 amide bonds. The molecule has 2 N–H and O–H groups in total. The number of aromatic nitrogens is 1. The molecular formula is C23H25ClN4O5S2. The van der Waals surface area contributed by atoms with Gasteiger partial charge < -0.3 is 9.64 Å². The third kappa shape index (κ3) is 7.41. The highest BCUT2D eigenvalue weighted by Crippen LogP contribution is 2.34. The van der Waals surface area contributed by atoms with E-state index in [1.807, 2.05) is 35.1 Å². The molecule has 0 aliphatic rings. The number of rotatable bonds is 6. The Morgan fingerprint density at radius 1 is 1.09 bits per heavy atom. The van der Waals surface area contributed by atoms with E-state index in [-0.39, 0.29) is 11.4 Å². The van der Waals surface area contributed by atoms with Gasteiger partial charge in [-0.25, -0.2) is 27.7 Å². The molecule has 0 spiro atoms. The van der Waals surface area contributed by atoms with E-state index in [0.29, 0.717) is 26.3 Å². The number of sulfonamides is 1. The molecule has 1 heterocycles. The number of halogens is 1. The summed E-state index contributed by atoms with van der Waals surface area (Å²) in [7, 11) is -2.54. The van der Waals surface area contributed by atoms with E-state index in [1.165, 1.54) is 29.2 Å². The zero-order valence-corrected chi connectivity index (χ0v) is 21.9. The summed E-state index contributed by atoms with van der Waals surface area (Å²) in [5.41, 5.74) is 0.511. The fourth-order valence-corrected chi connectivity index (χ4v) is 4.91. The Kier molecular flexibility index (Phi) is 8.04. The lowest BCUT2D eigenvalue weighted by molar-refractivity contribution is 0.0285. The van der Waals surface area contributed by atoms with Crippen molar-refractivity contribution >= 4 is 50.1 Å². The average Bonchev–Trinajstić information content (AvgIpc) is 3.14. The van der Waals surface area contributed by atoms with Gasteiger partial charge >= 0.3 is 12.1 Å². The molecule has 0 radical (unpaired) electrons.